The van der Waals surface area contributed by atoms with E-state index in [1.54, 1.807) is 22.5 Å². The molecule has 2 rings (SSSR count). The van der Waals surface area contributed by atoms with Gasteiger partial charge in [-0.05, 0) is 70.3 Å². The van der Waals surface area contributed by atoms with Gasteiger partial charge in [0.05, 0.1) is 0 Å². The second-order valence-electron chi connectivity index (χ2n) is 10.4. The molecular formula is C30H51NTi. The van der Waals surface area contributed by atoms with Gasteiger partial charge < -0.3 is 4.90 Å². The first-order chi connectivity index (χ1) is 14.7. The molecule has 2 heteroatoms. The minimum atomic E-state index is 0. The maximum atomic E-state index is 2.75. The van der Waals surface area contributed by atoms with Gasteiger partial charge in [-0.1, -0.05) is 89.7 Å². The SMILES string of the molecule is CCCCCCCCCCCCN(C1=C(C)C(C)=C(C)C1C)C1=C(C)C(C)=C(C)C1C.[Ti]. The Kier molecular flexibility index (Phi) is 12.9. The van der Waals surface area contributed by atoms with Crippen LogP contribution in [0.5, 0.6) is 0 Å². The van der Waals surface area contributed by atoms with Crippen LogP contribution in [0.1, 0.15) is 127 Å². The molecule has 0 fully saturated rings. The third kappa shape index (κ3) is 6.76. The van der Waals surface area contributed by atoms with E-state index in [0.29, 0.717) is 11.8 Å². The Bertz CT molecular complexity index is 697. The van der Waals surface area contributed by atoms with E-state index in [9.17, 15) is 0 Å². The zero-order valence-corrected chi connectivity index (χ0v) is 24.4. The number of nitrogens with zero attached hydrogens (tertiary/aromatic N) is 1. The molecule has 32 heavy (non-hydrogen) atoms. The Hall–Kier alpha value is -0.526. The molecule has 0 N–H and O–H groups in total. The maximum absolute atomic E-state index is 2.75. The first-order valence-electron chi connectivity index (χ1n) is 13.3. The molecular weight excluding hydrogens is 422 g/mol. The molecule has 0 spiro atoms. The number of hydrogen-bond acceptors (Lipinski definition) is 1. The van der Waals surface area contributed by atoms with Crippen LogP contribution >= 0.6 is 0 Å². The monoisotopic (exact) mass is 473 g/mol. The van der Waals surface area contributed by atoms with E-state index in [2.05, 4.69) is 67.2 Å². The average Bonchev–Trinajstić information content (AvgIpc) is 3.06. The number of hydrogen-bond donors (Lipinski definition) is 0. The van der Waals surface area contributed by atoms with Crippen molar-refractivity contribution in [1.29, 1.82) is 0 Å². The van der Waals surface area contributed by atoms with Crippen molar-refractivity contribution in [2.75, 3.05) is 6.54 Å². The average molecular weight is 474 g/mol. The number of allylic oxidation sites excluding steroid dienone is 6. The zero-order chi connectivity index (χ0) is 23.1. The smallest absolute Gasteiger partial charge is 0.0278 e. The van der Waals surface area contributed by atoms with Gasteiger partial charge in [-0.15, -0.1) is 0 Å². The quantitative estimate of drug-likeness (QED) is 0.190. The minimum absolute atomic E-state index is 0. The Labute approximate surface area is 215 Å². The van der Waals surface area contributed by atoms with Crippen LogP contribution in [0.3, 0.4) is 0 Å². The summed E-state index contributed by atoms with van der Waals surface area (Å²) in [6.45, 7) is 22.3. The fourth-order valence-electron chi connectivity index (χ4n) is 5.69. The Balaban J connectivity index is 0.00000512. The van der Waals surface area contributed by atoms with Gasteiger partial charge in [0.1, 0.15) is 0 Å². The fraction of sp³-hybridized carbons (Fsp3) is 0.733. The first-order valence-corrected chi connectivity index (χ1v) is 13.3. The van der Waals surface area contributed by atoms with Gasteiger partial charge in [-0.2, -0.15) is 0 Å². The summed E-state index contributed by atoms with van der Waals surface area (Å²) in [6, 6.07) is 0. The molecule has 2 aliphatic carbocycles. The summed E-state index contributed by atoms with van der Waals surface area (Å²) >= 11 is 0. The fourth-order valence-corrected chi connectivity index (χ4v) is 5.69. The molecule has 0 aromatic heterocycles. The van der Waals surface area contributed by atoms with Crippen molar-refractivity contribution < 1.29 is 21.7 Å². The van der Waals surface area contributed by atoms with E-state index < -0.39 is 0 Å². The van der Waals surface area contributed by atoms with Crippen molar-refractivity contribution in [1.82, 2.24) is 4.90 Å². The molecule has 1 nitrogen and oxygen atoms in total. The Morgan fingerprint density at radius 3 is 1.19 bits per heavy atom. The molecule has 0 saturated heterocycles. The van der Waals surface area contributed by atoms with E-state index in [1.165, 1.54) is 93.0 Å². The van der Waals surface area contributed by atoms with Gasteiger partial charge in [0.15, 0.2) is 0 Å². The summed E-state index contributed by atoms with van der Waals surface area (Å²) in [4.78, 5) is 2.75. The summed E-state index contributed by atoms with van der Waals surface area (Å²) < 4.78 is 0. The van der Waals surface area contributed by atoms with Crippen molar-refractivity contribution >= 4 is 0 Å². The Morgan fingerprint density at radius 1 is 0.531 bits per heavy atom. The van der Waals surface area contributed by atoms with Crippen LogP contribution in [0, 0.1) is 11.8 Å². The second-order valence-corrected chi connectivity index (χ2v) is 10.4. The van der Waals surface area contributed by atoms with Crippen LogP contribution < -0.4 is 0 Å². The van der Waals surface area contributed by atoms with Gasteiger partial charge in [0, 0.05) is 51.5 Å². The summed E-state index contributed by atoms with van der Waals surface area (Å²) in [5.41, 5.74) is 12.3. The molecule has 0 aromatic carbocycles. The van der Waals surface area contributed by atoms with Crippen molar-refractivity contribution in [3.8, 4) is 0 Å². The predicted molar refractivity (Wildman–Crippen MR) is 139 cm³/mol. The third-order valence-electron chi connectivity index (χ3n) is 8.51. The van der Waals surface area contributed by atoms with Crippen LogP contribution in [-0.2, 0) is 21.7 Å². The van der Waals surface area contributed by atoms with Crippen molar-refractivity contribution in [3.63, 3.8) is 0 Å². The van der Waals surface area contributed by atoms with Crippen LogP contribution in [0.4, 0.5) is 0 Å². The maximum Gasteiger partial charge on any atom is 0.0278 e. The van der Waals surface area contributed by atoms with Crippen LogP contribution in [0.25, 0.3) is 0 Å². The molecule has 0 aromatic rings. The molecule has 0 aliphatic heterocycles. The molecule has 0 heterocycles. The molecule has 180 valence electrons. The van der Waals surface area contributed by atoms with Gasteiger partial charge in [0.2, 0.25) is 0 Å². The van der Waals surface area contributed by atoms with Gasteiger partial charge in [-0.3, -0.25) is 0 Å². The topological polar surface area (TPSA) is 3.24 Å². The summed E-state index contributed by atoms with van der Waals surface area (Å²) in [5, 5.41) is 0. The number of rotatable bonds is 13. The molecule has 2 unspecified atom stereocenters. The summed E-state index contributed by atoms with van der Waals surface area (Å²) in [6.07, 6.45) is 14.0. The van der Waals surface area contributed by atoms with Crippen LogP contribution in [-0.4, -0.2) is 11.4 Å². The largest absolute Gasteiger partial charge is 0.347 e. The van der Waals surface area contributed by atoms with Gasteiger partial charge in [0.25, 0.3) is 0 Å². The standard InChI is InChI=1S/C30H51N.Ti/c1-10-11-12-13-14-15-16-17-18-19-20-31(29-25(6)21(2)22(3)26(29)7)30-27(8)23(4)24(5)28(30)9;/h25,27H,10-20H2,1-9H3;. The van der Waals surface area contributed by atoms with Crippen molar-refractivity contribution in [2.45, 2.75) is 127 Å². The van der Waals surface area contributed by atoms with Gasteiger partial charge in [-0.25, -0.2) is 0 Å². The summed E-state index contributed by atoms with van der Waals surface area (Å²) in [7, 11) is 0. The second kappa shape index (κ2) is 14.0. The van der Waals surface area contributed by atoms with Gasteiger partial charge >= 0.3 is 0 Å². The molecule has 0 radical (unpaired) electrons. The first kappa shape index (κ1) is 29.5. The van der Waals surface area contributed by atoms with E-state index in [0.717, 1.165) is 0 Å². The normalized spacial score (nSPS) is 21.3. The minimum Gasteiger partial charge on any atom is -0.347 e. The summed E-state index contributed by atoms with van der Waals surface area (Å²) in [5.74, 6) is 1.08. The molecule has 0 bridgehead atoms. The van der Waals surface area contributed by atoms with Crippen molar-refractivity contribution in [3.05, 3.63) is 44.8 Å². The molecule has 0 saturated carbocycles. The molecule has 2 aliphatic rings. The predicted octanol–water partition coefficient (Wildman–Crippen LogP) is 9.73. The van der Waals surface area contributed by atoms with E-state index in [4.69, 9.17) is 0 Å². The van der Waals surface area contributed by atoms with Crippen LogP contribution in [0.15, 0.2) is 44.8 Å². The third-order valence-corrected chi connectivity index (χ3v) is 8.51. The van der Waals surface area contributed by atoms with Crippen LogP contribution in [0.2, 0.25) is 0 Å². The van der Waals surface area contributed by atoms with E-state index in [1.807, 2.05) is 0 Å². The Morgan fingerprint density at radius 2 is 0.875 bits per heavy atom. The number of unbranched alkanes of at least 4 members (excludes halogenated alkanes) is 9. The van der Waals surface area contributed by atoms with E-state index >= 15 is 0 Å². The molecule has 0 amide bonds. The molecule has 2 atom stereocenters. The zero-order valence-electron chi connectivity index (χ0n) is 22.9. The van der Waals surface area contributed by atoms with Crippen molar-refractivity contribution in [2.24, 2.45) is 11.8 Å². The van der Waals surface area contributed by atoms with E-state index in [-0.39, 0.29) is 21.7 Å².